The van der Waals surface area contributed by atoms with E-state index in [1.165, 1.54) is 0 Å². The van der Waals surface area contributed by atoms with Gasteiger partial charge in [0.1, 0.15) is 5.78 Å². The maximum Gasteiger partial charge on any atom is 0.307 e. The summed E-state index contributed by atoms with van der Waals surface area (Å²) in [4.78, 5) is 36.0. The van der Waals surface area contributed by atoms with Gasteiger partial charge in [0.15, 0.2) is 0 Å². The van der Waals surface area contributed by atoms with Crippen LogP contribution in [0.1, 0.15) is 65.2 Å². The summed E-state index contributed by atoms with van der Waals surface area (Å²) in [5.41, 5.74) is -0.278. The van der Waals surface area contributed by atoms with Gasteiger partial charge in [-0.3, -0.25) is 14.4 Å². The van der Waals surface area contributed by atoms with E-state index in [1.54, 1.807) is 0 Å². The summed E-state index contributed by atoms with van der Waals surface area (Å²) in [5, 5.41) is 19.2. The number of fused-ring (bicyclic) bond motifs is 5. The Morgan fingerprint density at radius 3 is 2.31 bits per heavy atom. The summed E-state index contributed by atoms with van der Waals surface area (Å²) < 4.78 is 0. The van der Waals surface area contributed by atoms with Gasteiger partial charge in [0.05, 0.1) is 11.8 Å². The monoisotopic (exact) mass is 362 g/mol. The minimum absolute atomic E-state index is 0.106. The maximum atomic E-state index is 12.5. The predicted molar refractivity (Wildman–Crippen MR) is 94.4 cm³/mol. The fourth-order valence-electron chi connectivity index (χ4n) is 7.63. The Hall–Kier alpha value is -1.39. The minimum Gasteiger partial charge on any atom is -0.481 e. The van der Waals surface area contributed by atoms with Crippen LogP contribution in [0, 0.1) is 46.3 Å². The van der Waals surface area contributed by atoms with Crippen molar-refractivity contribution in [3.05, 3.63) is 0 Å². The van der Waals surface area contributed by atoms with Gasteiger partial charge in [-0.05, 0) is 74.0 Å². The summed E-state index contributed by atoms with van der Waals surface area (Å²) in [6.07, 6.45) is 6.60. The summed E-state index contributed by atoms with van der Waals surface area (Å²) >= 11 is 0. The maximum absolute atomic E-state index is 12.5. The Morgan fingerprint density at radius 1 is 0.962 bits per heavy atom. The highest BCUT2D eigenvalue weighted by atomic mass is 16.4. The fourth-order valence-corrected chi connectivity index (χ4v) is 7.63. The molecule has 0 saturated heterocycles. The zero-order valence-corrected chi connectivity index (χ0v) is 15.7. The van der Waals surface area contributed by atoms with Crippen LogP contribution in [0.25, 0.3) is 0 Å². The smallest absolute Gasteiger partial charge is 0.307 e. The SMILES string of the molecule is C[C@]12CC(C(=O)O)C(C(=O)O)CC1CC[C@@H]1[C@@H]2CC[C@]2(C)C(=O)CC[C@@H]12. The van der Waals surface area contributed by atoms with Gasteiger partial charge in [-0.2, -0.15) is 0 Å². The normalized spacial score (nSPS) is 50.5. The van der Waals surface area contributed by atoms with Crippen molar-refractivity contribution in [3.63, 3.8) is 0 Å². The Balaban J connectivity index is 1.65. The van der Waals surface area contributed by atoms with E-state index in [4.69, 9.17) is 0 Å². The van der Waals surface area contributed by atoms with Crippen LogP contribution >= 0.6 is 0 Å². The van der Waals surface area contributed by atoms with Gasteiger partial charge in [0.2, 0.25) is 0 Å². The van der Waals surface area contributed by atoms with Gasteiger partial charge in [-0.1, -0.05) is 13.8 Å². The van der Waals surface area contributed by atoms with E-state index in [-0.39, 0.29) is 10.8 Å². The number of carbonyl (C=O) groups is 3. The van der Waals surface area contributed by atoms with Gasteiger partial charge in [-0.25, -0.2) is 0 Å². The van der Waals surface area contributed by atoms with Gasteiger partial charge in [-0.15, -0.1) is 0 Å². The Labute approximate surface area is 154 Å². The van der Waals surface area contributed by atoms with Crippen molar-refractivity contribution in [1.29, 1.82) is 0 Å². The number of hydrogen-bond acceptors (Lipinski definition) is 3. The van der Waals surface area contributed by atoms with Gasteiger partial charge in [0.25, 0.3) is 0 Å². The van der Waals surface area contributed by atoms with Crippen molar-refractivity contribution in [2.45, 2.75) is 65.2 Å². The van der Waals surface area contributed by atoms with Crippen LogP contribution in [0.4, 0.5) is 0 Å². The number of carboxylic acids is 2. The third-order valence-electron chi connectivity index (χ3n) is 9.09. The Kier molecular flexibility index (Phi) is 4.02. The number of aliphatic carboxylic acids is 2. The third-order valence-corrected chi connectivity index (χ3v) is 9.09. The molecule has 0 spiro atoms. The lowest BCUT2D eigenvalue weighted by molar-refractivity contribution is -0.172. The second-order valence-corrected chi connectivity index (χ2v) is 9.90. The third kappa shape index (κ3) is 2.31. The zero-order valence-electron chi connectivity index (χ0n) is 15.7. The molecule has 4 saturated carbocycles. The van der Waals surface area contributed by atoms with Crippen LogP contribution in [0.15, 0.2) is 0 Å². The number of carboxylic acid groups (broad SMARTS) is 2. The summed E-state index contributed by atoms with van der Waals surface area (Å²) in [6.45, 7) is 4.38. The Morgan fingerprint density at radius 2 is 1.65 bits per heavy atom. The molecule has 0 heterocycles. The fraction of sp³-hybridized carbons (Fsp3) is 0.857. The minimum atomic E-state index is -0.962. The summed E-state index contributed by atoms with van der Waals surface area (Å²) in [5.74, 6) is -1.38. The van der Waals surface area contributed by atoms with E-state index in [2.05, 4.69) is 13.8 Å². The second-order valence-electron chi connectivity index (χ2n) is 9.90. The van der Waals surface area contributed by atoms with E-state index in [9.17, 15) is 24.6 Å². The van der Waals surface area contributed by atoms with Crippen molar-refractivity contribution in [3.8, 4) is 0 Å². The molecule has 4 fully saturated rings. The topological polar surface area (TPSA) is 91.7 Å². The van der Waals surface area contributed by atoms with E-state index < -0.39 is 23.8 Å². The van der Waals surface area contributed by atoms with Crippen molar-refractivity contribution in [1.82, 2.24) is 0 Å². The number of Topliss-reactive ketones (excluding diaryl/α,β-unsaturated/α-hetero) is 1. The molecule has 4 rings (SSSR count). The highest BCUT2D eigenvalue weighted by Crippen LogP contribution is 2.66. The van der Waals surface area contributed by atoms with E-state index in [0.29, 0.717) is 48.7 Å². The molecule has 0 aromatic heterocycles. The number of hydrogen-bond donors (Lipinski definition) is 2. The molecule has 144 valence electrons. The predicted octanol–water partition coefficient (Wildman–Crippen LogP) is 3.61. The van der Waals surface area contributed by atoms with Crippen LogP contribution in [-0.4, -0.2) is 27.9 Å². The number of ketones is 1. The van der Waals surface area contributed by atoms with E-state index >= 15 is 0 Å². The van der Waals surface area contributed by atoms with E-state index in [0.717, 1.165) is 32.1 Å². The average molecular weight is 362 g/mol. The summed E-state index contributed by atoms with van der Waals surface area (Å²) in [6, 6.07) is 0. The van der Waals surface area contributed by atoms with Crippen LogP contribution in [0.2, 0.25) is 0 Å². The van der Waals surface area contributed by atoms with Crippen molar-refractivity contribution in [2.24, 2.45) is 46.3 Å². The van der Waals surface area contributed by atoms with E-state index in [1.807, 2.05) is 0 Å². The molecule has 26 heavy (non-hydrogen) atoms. The van der Waals surface area contributed by atoms with Crippen molar-refractivity contribution >= 4 is 17.7 Å². The first-order valence-corrected chi connectivity index (χ1v) is 10.2. The second kappa shape index (κ2) is 5.80. The van der Waals surface area contributed by atoms with Crippen LogP contribution < -0.4 is 0 Å². The van der Waals surface area contributed by atoms with Crippen LogP contribution in [0.3, 0.4) is 0 Å². The zero-order chi connectivity index (χ0) is 18.9. The Bertz CT molecular complexity index is 657. The molecular weight excluding hydrogens is 332 g/mol. The number of carbonyl (C=O) groups excluding carboxylic acids is 1. The highest BCUT2D eigenvalue weighted by Gasteiger charge is 2.62. The number of rotatable bonds is 2. The molecule has 5 heteroatoms. The van der Waals surface area contributed by atoms with Gasteiger partial charge in [0, 0.05) is 11.8 Å². The molecule has 0 aliphatic heterocycles. The van der Waals surface area contributed by atoms with Crippen molar-refractivity contribution < 1.29 is 24.6 Å². The first kappa shape index (κ1) is 18.0. The molecule has 0 radical (unpaired) electrons. The van der Waals surface area contributed by atoms with Crippen LogP contribution in [0.5, 0.6) is 0 Å². The lowest BCUT2D eigenvalue weighted by Crippen LogP contribution is -2.56. The molecule has 0 bridgehead atoms. The lowest BCUT2D eigenvalue weighted by atomic mass is 9.43. The van der Waals surface area contributed by atoms with Crippen molar-refractivity contribution in [2.75, 3.05) is 0 Å². The molecule has 2 N–H and O–H groups in total. The quantitative estimate of drug-likeness (QED) is 0.783. The molecule has 0 aromatic carbocycles. The molecule has 3 unspecified atom stereocenters. The molecular formula is C21H30O5. The molecule has 8 atom stereocenters. The molecule has 0 amide bonds. The lowest BCUT2D eigenvalue weighted by Gasteiger charge is -2.60. The molecule has 4 aliphatic rings. The average Bonchev–Trinajstić information content (AvgIpc) is 2.88. The summed E-state index contributed by atoms with van der Waals surface area (Å²) in [7, 11) is 0. The standard InChI is InChI=1S/C21H30O5/c1-20-8-7-16-12(15(20)5-6-17(20)22)4-3-11-9-13(18(23)24)14(19(25)26)10-21(11,16)2/h11-16H,3-10H2,1-2H3,(H,23,24)(H,25,26)/t11?,12-,13?,14?,15-,16-,20-,21-/m0/s1. The van der Waals surface area contributed by atoms with Gasteiger partial charge >= 0.3 is 11.9 Å². The molecule has 0 aromatic rings. The largest absolute Gasteiger partial charge is 0.481 e. The highest BCUT2D eigenvalue weighted by molar-refractivity contribution is 5.87. The molecule has 4 aliphatic carbocycles. The first-order valence-electron chi connectivity index (χ1n) is 10.2. The first-order chi connectivity index (χ1) is 12.2. The van der Waals surface area contributed by atoms with Gasteiger partial charge < -0.3 is 10.2 Å². The van der Waals surface area contributed by atoms with Crippen LogP contribution in [-0.2, 0) is 14.4 Å². The molecule has 5 nitrogen and oxygen atoms in total.